The number of sulfonamides is 1. The van der Waals surface area contributed by atoms with Crippen molar-refractivity contribution in [1.82, 2.24) is 15.0 Å². The lowest BCUT2D eigenvalue weighted by Crippen LogP contribution is -2.25. The van der Waals surface area contributed by atoms with Crippen LogP contribution in [-0.4, -0.2) is 48.8 Å². The Labute approximate surface area is 196 Å². The van der Waals surface area contributed by atoms with E-state index in [0.29, 0.717) is 46.3 Å². The molecule has 1 N–H and O–H groups in total. The van der Waals surface area contributed by atoms with Gasteiger partial charge in [0.2, 0.25) is 10.0 Å². The third kappa shape index (κ3) is 4.89. The second kappa shape index (κ2) is 9.05. The number of anilines is 3. The normalized spacial score (nSPS) is 13.1. The number of fused-ring (bicyclic) bond motifs is 1. The Morgan fingerprint density at radius 1 is 1.09 bits per heavy atom. The third-order valence-electron chi connectivity index (χ3n) is 5.59. The van der Waals surface area contributed by atoms with Gasteiger partial charge in [0.1, 0.15) is 5.69 Å². The predicted molar refractivity (Wildman–Crippen MR) is 128 cm³/mol. The Hall–Kier alpha value is -3.47. The van der Waals surface area contributed by atoms with E-state index in [2.05, 4.69) is 25.3 Å². The molecule has 0 spiro atoms. The average molecular weight is 487 g/mol. The number of hydrogen-bond donors (Lipinski definition) is 1. The largest absolute Gasteiger partial charge is 0.352 e. The standard InChI is InChI=1S/C23H24F2N6O2S/c1-13-14(2)27-16(12-26-13)9-15-10-18(22-19(28-15)11-20(30-22)23(24)25)29-17-7-5-6-8-21(17)31(3)34(4,32)33/h5-8,10,12,23H,9,11H2,1-4H3,(H,28,29). The van der Waals surface area contributed by atoms with Crippen LogP contribution < -0.4 is 9.62 Å². The number of rotatable bonds is 7. The van der Waals surface area contributed by atoms with Crippen LogP contribution in [0, 0.1) is 13.8 Å². The van der Waals surface area contributed by atoms with Crippen molar-refractivity contribution in [3.05, 3.63) is 65.0 Å². The first kappa shape index (κ1) is 23.7. The number of alkyl halides is 2. The summed E-state index contributed by atoms with van der Waals surface area (Å²) in [6.07, 6.45) is 0.376. The minimum absolute atomic E-state index is 0.0565. The SMILES string of the molecule is Cc1ncc(Cc2cc(Nc3ccccc3N(C)S(C)(=O)=O)c3c(n2)CC(C(F)F)=N3)nc1C. The number of para-hydroxylation sites is 2. The second-order valence-corrected chi connectivity index (χ2v) is 10.1. The average Bonchev–Trinajstić information content (AvgIpc) is 3.20. The van der Waals surface area contributed by atoms with Crippen molar-refractivity contribution in [3.63, 3.8) is 0 Å². The second-order valence-electron chi connectivity index (χ2n) is 8.12. The minimum Gasteiger partial charge on any atom is -0.352 e. The van der Waals surface area contributed by atoms with Gasteiger partial charge in [0, 0.05) is 31.8 Å². The molecule has 0 fully saturated rings. The summed E-state index contributed by atoms with van der Waals surface area (Å²) in [5.74, 6) is 0. The summed E-state index contributed by atoms with van der Waals surface area (Å²) >= 11 is 0. The van der Waals surface area contributed by atoms with Crippen molar-refractivity contribution < 1.29 is 17.2 Å². The summed E-state index contributed by atoms with van der Waals surface area (Å²) in [5, 5.41) is 3.20. The number of aliphatic imine (C=N–C) groups is 1. The molecule has 0 saturated carbocycles. The first-order valence-electron chi connectivity index (χ1n) is 10.5. The van der Waals surface area contributed by atoms with Gasteiger partial charge in [-0.1, -0.05) is 12.1 Å². The van der Waals surface area contributed by atoms with Crippen LogP contribution in [0.3, 0.4) is 0 Å². The summed E-state index contributed by atoms with van der Waals surface area (Å²) in [7, 11) is -2.07. The van der Waals surface area contributed by atoms with Gasteiger partial charge < -0.3 is 5.32 Å². The molecule has 2 aromatic heterocycles. The summed E-state index contributed by atoms with van der Waals surface area (Å²) in [6, 6.07) is 8.57. The quantitative estimate of drug-likeness (QED) is 0.539. The van der Waals surface area contributed by atoms with E-state index in [9.17, 15) is 17.2 Å². The molecular formula is C23H24F2N6O2S. The van der Waals surface area contributed by atoms with Crippen LogP contribution in [0.15, 0.2) is 41.5 Å². The lowest BCUT2D eigenvalue weighted by molar-refractivity contribution is 0.224. The van der Waals surface area contributed by atoms with Gasteiger partial charge in [-0.15, -0.1) is 0 Å². The summed E-state index contributed by atoms with van der Waals surface area (Å²) in [5.41, 5.74) is 4.80. The zero-order valence-electron chi connectivity index (χ0n) is 19.2. The molecule has 8 nitrogen and oxygen atoms in total. The van der Waals surface area contributed by atoms with Gasteiger partial charge >= 0.3 is 0 Å². The van der Waals surface area contributed by atoms with Gasteiger partial charge in [0.15, 0.2) is 0 Å². The van der Waals surface area contributed by atoms with Crippen molar-refractivity contribution in [2.45, 2.75) is 33.1 Å². The molecule has 0 saturated heterocycles. The van der Waals surface area contributed by atoms with Gasteiger partial charge in [-0.2, -0.15) is 0 Å². The molecule has 0 radical (unpaired) electrons. The molecule has 1 aromatic carbocycles. The molecule has 0 aliphatic carbocycles. The number of pyridine rings is 1. The van der Waals surface area contributed by atoms with Crippen LogP contribution in [0.2, 0.25) is 0 Å². The van der Waals surface area contributed by atoms with E-state index < -0.39 is 16.4 Å². The van der Waals surface area contributed by atoms with Gasteiger partial charge in [-0.3, -0.25) is 19.3 Å². The lowest BCUT2D eigenvalue weighted by Gasteiger charge is -2.21. The van der Waals surface area contributed by atoms with Crippen LogP contribution in [0.4, 0.5) is 31.5 Å². The van der Waals surface area contributed by atoms with Crippen molar-refractivity contribution in [1.29, 1.82) is 0 Å². The number of aromatic nitrogens is 3. The number of nitrogens with zero attached hydrogens (tertiary/aromatic N) is 5. The molecule has 4 rings (SSSR count). The Morgan fingerprint density at radius 3 is 2.50 bits per heavy atom. The lowest BCUT2D eigenvalue weighted by atomic mass is 10.1. The topological polar surface area (TPSA) is 100 Å². The van der Waals surface area contributed by atoms with Crippen LogP contribution in [0.5, 0.6) is 0 Å². The molecule has 0 bridgehead atoms. The summed E-state index contributed by atoms with van der Waals surface area (Å²) in [6.45, 7) is 3.74. The van der Waals surface area contributed by atoms with Gasteiger partial charge in [-0.05, 0) is 32.0 Å². The van der Waals surface area contributed by atoms with Gasteiger partial charge in [-0.25, -0.2) is 22.2 Å². The Bertz CT molecular complexity index is 1390. The maximum Gasteiger partial charge on any atom is 0.277 e. The molecule has 11 heteroatoms. The number of halogens is 2. The molecule has 1 aliphatic rings. The van der Waals surface area contributed by atoms with Crippen LogP contribution >= 0.6 is 0 Å². The first-order chi connectivity index (χ1) is 16.0. The van der Waals surface area contributed by atoms with E-state index >= 15 is 0 Å². The number of hydrogen-bond acceptors (Lipinski definition) is 7. The number of nitrogens with one attached hydrogen (secondary N) is 1. The van der Waals surface area contributed by atoms with E-state index in [-0.39, 0.29) is 12.1 Å². The number of aryl methyl sites for hydroxylation is 2. The Morgan fingerprint density at radius 2 is 1.82 bits per heavy atom. The fourth-order valence-electron chi connectivity index (χ4n) is 3.60. The molecule has 178 valence electrons. The molecular weight excluding hydrogens is 462 g/mol. The fraction of sp³-hybridized carbons (Fsp3) is 0.304. The Balaban J connectivity index is 1.77. The highest BCUT2D eigenvalue weighted by Crippen LogP contribution is 2.39. The first-order valence-corrected chi connectivity index (χ1v) is 12.3. The van der Waals surface area contributed by atoms with Crippen molar-refractivity contribution in [3.8, 4) is 0 Å². The van der Waals surface area contributed by atoms with Crippen LogP contribution in [-0.2, 0) is 22.9 Å². The van der Waals surface area contributed by atoms with E-state index in [4.69, 9.17) is 0 Å². The molecule has 34 heavy (non-hydrogen) atoms. The van der Waals surface area contributed by atoms with E-state index in [1.807, 2.05) is 13.8 Å². The van der Waals surface area contributed by atoms with Crippen LogP contribution in [0.25, 0.3) is 0 Å². The van der Waals surface area contributed by atoms with Crippen LogP contribution in [0.1, 0.15) is 28.5 Å². The van der Waals surface area contributed by atoms with Crippen molar-refractivity contribution in [2.75, 3.05) is 22.9 Å². The molecule has 0 unspecified atom stereocenters. The Kier molecular flexibility index (Phi) is 6.30. The zero-order chi connectivity index (χ0) is 24.6. The predicted octanol–water partition coefficient (Wildman–Crippen LogP) is 4.11. The fourth-order valence-corrected chi connectivity index (χ4v) is 4.12. The molecule has 0 amide bonds. The third-order valence-corrected chi connectivity index (χ3v) is 6.78. The van der Waals surface area contributed by atoms with Crippen molar-refractivity contribution in [2.24, 2.45) is 4.99 Å². The summed E-state index contributed by atoms with van der Waals surface area (Å²) in [4.78, 5) is 17.6. The molecule has 1 aliphatic heterocycles. The highest BCUT2D eigenvalue weighted by Gasteiger charge is 2.27. The maximum absolute atomic E-state index is 13.4. The maximum atomic E-state index is 13.4. The van der Waals surface area contributed by atoms with E-state index in [0.717, 1.165) is 21.9 Å². The van der Waals surface area contributed by atoms with Gasteiger partial charge in [0.25, 0.3) is 6.43 Å². The van der Waals surface area contributed by atoms with Gasteiger partial charge in [0.05, 0.1) is 51.8 Å². The highest BCUT2D eigenvalue weighted by atomic mass is 32.2. The molecule has 3 aromatic rings. The van der Waals surface area contributed by atoms with E-state index in [1.165, 1.54) is 7.05 Å². The summed E-state index contributed by atoms with van der Waals surface area (Å²) < 4.78 is 52.2. The minimum atomic E-state index is -3.52. The zero-order valence-corrected chi connectivity index (χ0v) is 20.0. The smallest absolute Gasteiger partial charge is 0.277 e. The monoisotopic (exact) mass is 486 g/mol. The highest BCUT2D eigenvalue weighted by molar-refractivity contribution is 7.92. The molecule has 3 heterocycles. The van der Waals surface area contributed by atoms with E-state index in [1.54, 1.807) is 36.5 Å². The number of benzene rings is 1. The molecule has 0 atom stereocenters. The van der Waals surface area contributed by atoms with Crippen molar-refractivity contribution >= 4 is 38.5 Å².